The van der Waals surface area contributed by atoms with Crippen LogP contribution in [0.1, 0.15) is 38.3 Å². The highest BCUT2D eigenvalue weighted by Gasteiger charge is 2.30. The predicted molar refractivity (Wildman–Crippen MR) is 80.0 cm³/mol. The van der Waals surface area contributed by atoms with Gasteiger partial charge >= 0.3 is 5.97 Å². The van der Waals surface area contributed by atoms with Gasteiger partial charge in [-0.05, 0) is 57.5 Å². The van der Waals surface area contributed by atoms with Crippen molar-refractivity contribution in [3.8, 4) is 11.5 Å². The molecular formula is C16H23NO4. The van der Waals surface area contributed by atoms with Crippen LogP contribution in [0, 0.1) is 0 Å². The molecule has 1 atom stereocenters. The zero-order valence-corrected chi connectivity index (χ0v) is 12.7. The Morgan fingerprint density at radius 3 is 2.38 bits per heavy atom. The Bertz CT molecular complexity index is 483. The fraction of sp³-hybridized carbons (Fsp3) is 0.562. The number of hydrogen-bond donors (Lipinski definition) is 1. The molecule has 1 N–H and O–H groups in total. The molecule has 5 heteroatoms. The SMILES string of the molecule is CCOc1ccc(C(C(=O)O)N2CCCC2)cc1OCC. The Morgan fingerprint density at radius 2 is 1.81 bits per heavy atom. The minimum Gasteiger partial charge on any atom is -0.490 e. The average Bonchev–Trinajstić information content (AvgIpc) is 2.95. The van der Waals surface area contributed by atoms with Crippen LogP contribution in [-0.4, -0.2) is 42.3 Å². The Balaban J connectivity index is 2.31. The average molecular weight is 293 g/mol. The summed E-state index contributed by atoms with van der Waals surface area (Å²) in [6.45, 7) is 6.53. The van der Waals surface area contributed by atoms with Crippen molar-refractivity contribution in [2.75, 3.05) is 26.3 Å². The van der Waals surface area contributed by atoms with E-state index in [1.165, 1.54) is 0 Å². The second kappa shape index (κ2) is 7.31. The summed E-state index contributed by atoms with van der Waals surface area (Å²) in [5.41, 5.74) is 0.747. The lowest BCUT2D eigenvalue weighted by Gasteiger charge is -2.24. The van der Waals surface area contributed by atoms with E-state index in [2.05, 4.69) is 0 Å². The summed E-state index contributed by atoms with van der Waals surface area (Å²) in [5, 5.41) is 9.57. The van der Waals surface area contributed by atoms with Crippen molar-refractivity contribution < 1.29 is 19.4 Å². The van der Waals surface area contributed by atoms with Crippen molar-refractivity contribution in [1.29, 1.82) is 0 Å². The number of benzene rings is 1. The van der Waals surface area contributed by atoms with Crippen LogP contribution in [0.2, 0.25) is 0 Å². The molecule has 1 heterocycles. The molecule has 5 nitrogen and oxygen atoms in total. The molecule has 1 aromatic rings. The number of nitrogens with zero attached hydrogens (tertiary/aromatic N) is 1. The van der Waals surface area contributed by atoms with E-state index in [0.717, 1.165) is 31.5 Å². The molecular weight excluding hydrogens is 270 g/mol. The van der Waals surface area contributed by atoms with Crippen LogP contribution in [0.5, 0.6) is 11.5 Å². The van der Waals surface area contributed by atoms with Crippen LogP contribution in [0.15, 0.2) is 18.2 Å². The van der Waals surface area contributed by atoms with Gasteiger partial charge < -0.3 is 14.6 Å². The van der Waals surface area contributed by atoms with Crippen LogP contribution in [0.25, 0.3) is 0 Å². The summed E-state index contributed by atoms with van der Waals surface area (Å²) in [7, 11) is 0. The zero-order valence-electron chi connectivity index (χ0n) is 12.7. The number of rotatable bonds is 7. The molecule has 0 aliphatic carbocycles. The van der Waals surface area contributed by atoms with Crippen molar-refractivity contribution in [2.24, 2.45) is 0 Å². The fourth-order valence-electron chi connectivity index (χ4n) is 2.75. The van der Waals surface area contributed by atoms with Crippen molar-refractivity contribution in [3.63, 3.8) is 0 Å². The Morgan fingerprint density at radius 1 is 1.19 bits per heavy atom. The van der Waals surface area contributed by atoms with E-state index in [0.29, 0.717) is 24.7 Å². The normalized spacial score (nSPS) is 16.7. The van der Waals surface area contributed by atoms with Crippen LogP contribution in [-0.2, 0) is 4.79 Å². The molecule has 1 aliphatic rings. The summed E-state index contributed by atoms with van der Waals surface area (Å²) >= 11 is 0. The fourth-order valence-corrected chi connectivity index (χ4v) is 2.75. The first-order valence-electron chi connectivity index (χ1n) is 7.53. The summed E-state index contributed by atoms with van der Waals surface area (Å²) in [5.74, 6) is 0.458. The molecule has 1 fully saturated rings. The van der Waals surface area contributed by atoms with Crippen molar-refractivity contribution >= 4 is 5.97 Å². The molecule has 0 radical (unpaired) electrons. The van der Waals surface area contributed by atoms with Gasteiger partial charge in [0, 0.05) is 0 Å². The number of carbonyl (C=O) groups is 1. The van der Waals surface area contributed by atoms with Gasteiger partial charge in [0.15, 0.2) is 11.5 Å². The third kappa shape index (κ3) is 3.67. The molecule has 1 aromatic carbocycles. The maximum atomic E-state index is 11.7. The largest absolute Gasteiger partial charge is 0.490 e. The van der Waals surface area contributed by atoms with E-state index in [1.54, 1.807) is 12.1 Å². The van der Waals surface area contributed by atoms with Gasteiger partial charge in [-0.3, -0.25) is 9.69 Å². The van der Waals surface area contributed by atoms with Gasteiger partial charge in [0.05, 0.1) is 13.2 Å². The molecule has 0 aromatic heterocycles. The van der Waals surface area contributed by atoms with Gasteiger partial charge in [0.25, 0.3) is 0 Å². The highest BCUT2D eigenvalue weighted by atomic mass is 16.5. The summed E-state index contributed by atoms with van der Waals surface area (Å²) in [6, 6.07) is 4.81. The number of ether oxygens (including phenoxy) is 2. The van der Waals surface area contributed by atoms with Gasteiger partial charge in [0.2, 0.25) is 0 Å². The smallest absolute Gasteiger partial charge is 0.325 e. The van der Waals surface area contributed by atoms with Gasteiger partial charge in [-0.2, -0.15) is 0 Å². The van der Waals surface area contributed by atoms with Crippen LogP contribution < -0.4 is 9.47 Å². The third-order valence-corrected chi connectivity index (χ3v) is 3.62. The molecule has 0 bridgehead atoms. The van der Waals surface area contributed by atoms with Crippen LogP contribution in [0.3, 0.4) is 0 Å². The van der Waals surface area contributed by atoms with Gasteiger partial charge in [-0.25, -0.2) is 0 Å². The van der Waals surface area contributed by atoms with Crippen LogP contribution >= 0.6 is 0 Å². The lowest BCUT2D eigenvalue weighted by molar-refractivity contribution is -0.143. The van der Waals surface area contributed by atoms with E-state index in [-0.39, 0.29) is 0 Å². The molecule has 2 rings (SSSR count). The highest BCUT2D eigenvalue weighted by molar-refractivity contribution is 5.76. The van der Waals surface area contributed by atoms with Gasteiger partial charge in [-0.1, -0.05) is 6.07 Å². The molecule has 0 amide bonds. The number of aliphatic carboxylic acids is 1. The number of likely N-dealkylation sites (tertiary alicyclic amines) is 1. The van der Waals surface area contributed by atoms with Gasteiger partial charge in [0.1, 0.15) is 6.04 Å². The summed E-state index contributed by atoms with van der Waals surface area (Å²) < 4.78 is 11.1. The molecule has 0 saturated carbocycles. The quantitative estimate of drug-likeness (QED) is 0.837. The second-order valence-corrected chi connectivity index (χ2v) is 5.06. The van der Waals surface area contributed by atoms with Gasteiger partial charge in [-0.15, -0.1) is 0 Å². The van der Waals surface area contributed by atoms with Crippen molar-refractivity contribution in [3.05, 3.63) is 23.8 Å². The Kier molecular flexibility index (Phi) is 5.44. The summed E-state index contributed by atoms with van der Waals surface area (Å²) in [6.07, 6.45) is 2.11. The number of carboxylic acid groups (broad SMARTS) is 1. The molecule has 0 spiro atoms. The zero-order chi connectivity index (χ0) is 15.2. The van der Waals surface area contributed by atoms with E-state index in [9.17, 15) is 9.90 Å². The molecule has 116 valence electrons. The maximum Gasteiger partial charge on any atom is 0.325 e. The van der Waals surface area contributed by atoms with Crippen LogP contribution in [0.4, 0.5) is 0 Å². The minimum atomic E-state index is -0.816. The first-order valence-corrected chi connectivity index (χ1v) is 7.53. The lowest BCUT2D eigenvalue weighted by atomic mass is 10.0. The third-order valence-electron chi connectivity index (χ3n) is 3.62. The minimum absolute atomic E-state index is 0.519. The first kappa shape index (κ1) is 15.6. The summed E-state index contributed by atoms with van der Waals surface area (Å²) in [4.78, 5) is 13.7. The molecule has 1 aliphatic heterocycles. The van der Waals surface area contributed by atoms with Crippen molar-refractivity contribution in [1.82, 2.24) is 4.90 Å². The maximum absolute atomic E-state index is 11.7. The topological polar surface area (TPSA) is 59.0 Å². The van der Waals surface area contributed by atoms with E-state index in [4.69, 9.17) is 9.47 Å². The van der Waals surface area contributed by atoms with E-state index < -0.39 is 12.0 Å². The first-order chi connectivity index (χ1) is 10.2. The molecule has 1 unspecified atom stereocenters. The highest BCUT2D eigenvalue weighted by Crippen LogP contribution is 2.33. The second-order valence-electron chi connectivity index (χ2n) is 5.06. The standard InChI is InChI=1S/C16H23NO4/c1-3-20-13-8-7-12(11-14(13)21-4-2)15(16(18)19)17-9-5-6-10-17/h7-8,11,15H,3-6,9-10H2,1-2H3,(H,18,19). The Hall–Kier alpha value is -1.75. The van der Waals surface area contributed by atoms with E-state index in [1.807, 2.05) is 24.8 Å². The predicted octanol–water partition coefficient (Wildman–Crippen LogP) is 2.71. The number of hydrogen-bond acceptors (Lipinski definition) is 4. The molecule has 21 heavy (non-hydrogen) atoms. The van der Waals surface area contributed by atoms with Crippen molar-refractivity contribution in [2.45, 2.75) is 32.7 Å². The number of carboxylic acids is 1. The molecule has 1 saturated heterocycles. The van der Waals surface area contributed by atoms with E-state index >= 15 is 0 Å². The monoisotopic (exact) mass is 293 g/mol. The Labute approximate surface area is 125 Å². The lowest BCUT2D eigenvalue weighted by Crippen LogP contribution is -2.31.